The van der Waals surface area contributed by atoms with Gasteiger partial charge in [0.1, 0.15) is 5.60 Å². The molecule has 17 heavy (non-hydrogen) atoms. The Balaban J connectivity index is 2.64. The van der Waals surface area contributed by atoms with Gasteiger partial charge in [0.15, 0.2) is 5.69 Å². The second-order valence-corrected chi connectivity index (χ2v) is 5.08. The molecule has 1 aromatic heterocycles. The first-order valence-corrected chi connectivity index (χ1v) is 6.07. The highest BCUT2D eigenvalue weighted by Gasteiger charge is 2.23. The minimum absolute atomic E-state index is 0.316. The van der Waals surface area contributed by atoms with Crippen LogP contribution in [0.2, 0.25) is 0 Å². The SMILES string of the molecule is CCCCCc1n[nH]nc1C(=O)OC(C)(C)C. The first-order valence-electron chi connectivity index (χ1n) is 6.07. The number of aromatic amines is 1. The number of aryl methyl sites for hydroxylation is 1. The molecule has 1 rings (SSSR count). The summed E-state index contributed by atoms with van der Waals surface area (Å²) in [6.07, 6.45) is 4.04. The van der Waals surface area contributed by atoms with Gasteiger partial charge in [0.05, 0.1) is 5.69 Å². The van der Waals surface area contributed by atoms with Gasteiger partial charge in [0.2, 0.25) is 0 Å². The monoisotopic (exact) mass is 239 g/mol. The molecule has 0 radical (unpaired) electrons. The van der Waals surface area contributed by atoms with Gasteiger partial charge < -0.3 is 4.74 Å². The zero-order chi connectivity index (χ0) is 12.9. The summed E-state index contributed by atoms with van der Waals surface area (Å²) in [6.45, 7) is 7.64. The Morgan fingerprint density at radius 1 is 1.29 bits per heavy atom. The number of rotatable bonds is 5. The number of carbonyl (C=O) groups excluding carboxylic acids is 1. The second kappa shape index (κ2) is 5.80. The van der Waals surface area contributed by atoms with E-state index in [1.165, 1.54) is 0 Å². The molecule has 0 unspecified atom stereocenters. The van der Waals surface area contributed by atoms with Crippen LogP contribution in [-0.4, -0.2) is 27.0 Å². The lowest BCUT2D eigenvalue weighted by Gasteiger charge is -2.18. The van der Waals surface area contributed by atoms with E-state index in [2.05, 4.69) is 22.3 Å². The zero-order valence-electron chi connectivity index (χ0n) is 11.0. The predicted octanol–water partition coefficient (Wildman–Crippen LogP) is 2.49. The number of esters is 1. The lowest BCUT2D eigenvalue weighted by Crippen LogP contribution is -2.24. The molecule has 1 N–H and O–H groups in total. The third kappa shape index (κ3) is 4.54. The van der Waals surface area contributed by atoms with Crippen molar-refractivity contribution in [1.29, 1.82) is 0 Å². The number of aromatic nitrogens is 3. The summed E-state index contributed by atoms with van der Waals surface area (Å²) in [7, 11) is 0. The van der Waals surface area contributed by atoms with Crippen LogP contribution in [0.3, 0.4) is 0 Å². The number of H-pyrrole nitrogens is 1. The van der Waals surface area contributed by atoms with Gasteiger partial charge in [-0.1, -0.05) is 19.8 Å². The first kappa shape index (κ1) is 13.7. The summed E-state index contributed by atoms with van der Waals surface area (Å²) in [5.74, 6) is -0.405. The molecule has 1 aromatic rings. The van der Waals surface area contributed by atoms with Gasteiger partial charge in [0, 0.05) is 0 Å². The van der Waals surface area contributed by atoms with Crippen molar-refractivity contribution in [2.24, 2.45) is 0 Å². The van der Waals surface area contributed by atoms with E-state index in [0.717, 1.165) is 25.7 Å². The lowest BCUT2D eigenvalue weighted by atomic mass is 10.1. The molecule has 0 fully saturated rings. The van der Waals surface area contributed by atoms with Gasteiger partial charge in [-0.15, -0.1) is 5.10 Å². The molecule has 0 saturated carbocycles. The van der Waals surface area contributed by atoms with Crippen LogP contribution in [0.5, 0.6) is 0 Å². The Morgan fingerprint density at radius 2 is 2.00 bits per heavy atom. The van der Waals surface area contributed by atoms with Crippen LogP contribution in [0.4, 0.5) is 0 Å². The fourth-order valence-electron chi connectivity index (χ4n) is 1.46. The summed E-state index contributed by atoms with van der Waals surface area (Å²) in [4.78, 5) is 11.8. The van der Waals surface area contributed by atoms with Crippen LogP contribution < -0.4 is 0 Å². The number of hydrogen-bond acceptors (Lipinski definition) is 4. The van der Waals surface area contributed by atoms with Crippen LogP contribution in [0.15, 0.2) is 0 Å². The van der Waals surface area contributed by atoms with Gasteiger partial charge in [-0.05, 0) is 33.6 Å². The quantitative estimate of drug-likeness (QED) is 0.633. The Hall–Kier alpha value is -1.39. The molecule has 0 saturated heterocycles. The fourth-order valence-corrected chi connectivity index (χ4v) is 1.46. The number of ether oxygens (including phenoxy) is 1. The molecule has 96 valence electrons. The van der Waals surface area contributed by atoms with Gasteiger partial charge in [-0.3, -0.25) is 0 Å². The van der Waals surface area contributed by atoms with Gasteiger partial charge in [-0.25, -0.2) is 4.79 Å². The maximum absolute atomic E-state index is 11.8. The number of nitrogens with zero attached hydrogens (tertiary/aromatic N) is 2. The molecular weight excluding hydrogens is 218 g/mol. The third-order valence-electron chi connectivity index (χ3n) is 2.23. The van der Waals surface area contributed by atoms with E-state index < -0.39 is 11.6 Å². The van der Waals surface area contributed by atoms with E-state index in [1.807, 2.05) is 20.8 Å². The maximum atomic E-state index is 11.8. The standard InChI is InChI=1S/C12H21N3O2/c1-5-6-7-8-9-10(14-15-13-9)11(16)17-12(2,3)4/h5-8H2,1-4H3,(H,13,14,15). The van der Waals surface area contributed by atoms with Crippen LogP contribution >= 0.6 is 0 Å². The summed E-state index contributed by atoms with van der Waals surface area (Å²) >= 11 is 0. The van der Waals surface area contributed by atoms with Crippen LogP contribution in [-0.2, 0) is 11.2 Å². The Morgan fingerprint density at radius 3 is 2.59 bits per heavy atom. The average molecular weight is 239 g/mol. The molecule has 0 aliphatic rings. The van der Waals surface area contributed by atoms with Crippen molar-refractivity contribution < 1.29 is 9.53 Å². The largest absolute Gasteiger partial charge is 0.455 e. The molecule has 0 spiro atoms. The minimum atomic E-state index is -0.503. The second-order valence-electron chi connectivity index (χ2n) is 5.08. The van der Waals surface area contributed by atoms with E-state index in [9.17, 15) is 4.79 Å². The van der Waals surface area contributed by atoms with Crippen molar-refractivity contribution in [3.05, 3.63) is 11.4 Å². The van der Waals surface area contributed by atoms with Crippen molar-refractivity contribution in [2.75, 3.05) is 0 Å². The van der Waals surface area contributed by atoms with E-state index in [0.29, 0.717) is 11.4 Å². The number of nitrogens with one attached hydrogen (secondary N) is 1. The van der Waals surface area contributed by atoms with Gasteiger partial charge >= 0.3 is 5.97 Å². The Kier molecular flexibility index (Phi) is 4.66. The molecule has 0 atom stereocenters. The highest BCUT2D eigenvalue weighted by molar-refractivity contribution is 5.88. The van der Waals surface area contributed by atoms with E-state index >= 15 is 0 Å². The van der Waals surface area contributed by atoms with Crippen LogP contribution in [0.25, 0.3) is 0 Å². The smallest absolute Gasteiger partial charge is 0.361 e. The zero-order valence-corrected chi connectivity index (χ0v) is 11.0. The molecule has 0 amide bonds. The van der Waals surface area contributed by atoms with E-state index in [-0.39, 0.29) is 0 Å². The summed E-state index contributed by atoms with van der Waals surface area (Å²) < 4.78 is 5.27. The van der Waals surface area contributed by atoms with E-state index in [4.69, 9.17) is 4.74 Å². The number of carbonyl (C=O) groups is 1. The molecular formula is C12H21N3O2. The minimum Gasteiger partial charge on any atom is -0.455 e. The van der Waals surface area contributed by atoms with Crippen molar-refractivity contribution in [1.82, 2.24) is 15.4 Å². The molecule has 0 aliphatic carbocycles. The average Bonchev–Trinajstić information content (AvgIpc) is 2.64. The number of hydrogen-bond donors (Lipinski definition) is 1. The fraction of sp³-hybridized carbons (Fsp3) is 0.750. The molecule has 5 heteroatoms. The predicted molar refractivity (Wildman–Crippen MR) is 64.8 cm³/mol. The maximum Gasteiger partial charge on any atom is 0.361 e. The van der Waals surface area contributed by atoms with Crippen LogP contribution in [0, 0.1) is 0 Å². The van der Waals surface area contributed by atoms with Crippen molar-refractivity contribution in [3.63, 3.8) is 0 Å². The Labute approximate surface area is 102 Å². The molecule has 1 heterocycles. The highest BCUT2D eigenvalue weighted by Crippen LogP contribution is 2.13. The number of unbranched alkanes of at least 4 members (excludes halogenated alkanes) is 2. The normalized spacial score (nSPS) is 11.5. The van der Waals surface area contributed by atoms with Gasteiger partial charge in [0.25, 0.3) is 0 Å². The molecule has 0 aromatic carbocycles. The molecule has 5 nitrogen and oxygen atoms in total. The summed E-state index contributed by atoms with van der Waals surface area (Å²) in [6, 6.07) is 0. The first-order chi connectivity index (χ1) is 7.94. The third-order valence-corrected chi connectivity index (χ3v) is 2.23. The Bertz CT molecular complexity index is 366. The van der Waals surface area contributed by atoms with Crippen molar-refractivity contribution in [2.45, 2.75) is 59.0 Å². The highest BCUT2D eigenvalue weighted by atomic mass is 16.6. The van der Waals surface area contributed by atoms with E-state index in [1.54, 1.807) is 0 Å². The molecule has 0 aliphatic heterocycles. The molecule has 0 bridgehead atoms. The summed E-state index contributed by atoms with van der Waals surface area (Å²) in [5, 5.41) is 10.4. The van der Waals surface area contributed by atoms with Crippen molar-refractivity contribution in [3.8, 4) is 0 Å². The van der Waals surface area contributed by atoms with Crippen molar-refractivity contribution >= 4 is 5.97 Å². The lowest BCUT2D eigenvalue weighted by molar-refractivity contribution is 0.00615. The van der Waals surface area contributed by atoms with Crippen LogP contribution in [0.1, 0.15) is 63.1 Å². The van der Waals surface area contributed by atoms with Gasteiger partial charge in [-0.2, -0.15) is 10.3 Å². The summed E-state index contributed by atoms with van der Waals surface area (Å²) in [5.41, 5.74) is 0.514. The topological polar surface area (TPSA) is 67.9 Å².